The van der Waals surface area contributed by atoms with E-state index in [4.69, 9.17) is 4.74 Å². The van der Waals surface area contributed by atoms with Crippen LogP contribution in [0.2, 0.25) is 0 Å². The van der Waals surface area contributed by atoms with Crippen LogP contribution in [0.1, 0.15) is 28.7 Å². The number of carboxylic acid groups (broad SMARTS) is 1. The number of allylic oxidation sites excluding steroid dienone is 3. The van der Waals surface area contributed by atoms with Gasteiger partial charge in [-0.2, -0.15) is 0 Å². The van der Waals surface area contributed by atoms with Gasteiger partial charge in [0.1, 0.15) is 5.75 Å². The predicted molar refractivity (Wildman–Crippen MR) is 103 cm³/mol. The lowest BCUT2D eigenvalue weighted by Crippen LogP contribution is -2.44. The second kappa shape index (κ2) is 7.84. The van der Waals surface area contributed by atoms with E-state index in [1.54, 1.807) is 18.2 Å². The van der Waals surface area contributed by atoms with Crippen molar-refractivity contribution in [3.8, 4) is 5.75 Å². The Morgan fingerprint density at radius 1 is 1.04 bits per heavy atom. The standard InChI is InChI=1S/C22H24O3/c1-5-9-16-15-17(10-6-2)19-12-14-22(13-8-4,21(23)24)25-20(19)18(16)11-7-3/h5-8,12,14-15H,1-4,9-11,13H2,(H,23,24). The molecule has 0 aliphatic carbocycles. The van der Waals surface area contributed by atoms with Crippen molar-refractivity contribution in [3.63, 3.8) is 0 Å². The molecule has 1 aliphatic rings. The van der Waals surface area contributed by atoms with Crippen molar-refractivity contribution in [1.29, 1.82) is 0 Å². The molecular formula is C22H24O3. The van der Waals surface area contributed by atoms with Crippen LogP contribution >= 0.6 is 0 Å². The first-order valence-corrected chi connectivity index (χ1v) is 8.25. The van der Waals surface area contributed by atoms with Crippen molar-refractivity contribution in [2.24, 2.45) is 0 Å². The highest BCUT2D eigenvalue weighted by molar-refractivity contribution is 5.85. The van der Waals surface area contributed by atoms with Crippen molar-refractivity contribution >= 4 is 12.0 Å². The zero-order chi connectivity index (χ0) is 18.4. The first kappa shape index (κ1) is 18.5. The smallest absolute Gasteiger partial charge is 0.352 e. The molecule has 1 atom stereocenters. The van der Waals surface area contributed by atoms with E-state index in [0.29, 0.717) is 25.0 Å². The molecule has 0 spiro atoms. The van der Waals surface area contributed by atoms with Crippen molar-refractivity contribution in [2.75, 3.05) is 0 Å². The van der Waals surface area contributed by atoms with E-state index in [1.165, 1.54) is 0 Å². The second-order valence-corrected chi connectivity index (χ2v) is 6.02. The Morgan fingerprint density at radius 2 is 1.68 bits per heavy atom. The van der Waals surface area contributed by atoms with Gasteiger partial charge in [-0.05, 0) is 36.5 Å². The third-order valence-electron chi connectivity index (χ3n) is 4.29. The maximum absolute atomic E-state index is 11.9. The molecule has 0 saturated carbocycles. The summed E-state index contributed by atoms with van der Waals surface area (Å²) < 4.78 is 6.11. The SMILES string of the molecule is C=CCc1cc(CC=C)c(CC=C)c2c1C=CC(CC=C)(C(=O)O)O2. The molecule has 1 N–H and O–H groups in total. The number of fused-ring (bicyclic) bond motifs is 1. The second-order valence-electron chi connectivity index (χ2n) is 6.02. The van der Waals surface area contributed by atoms with E-state index in [1.807, 2.05) is 18.2 Å². The lowest BCUT2D eigenvalue weighted by molar-refractivity contribution is -0.151. The van der Waals surface area contributed by atoms with Crippen molar-refractivity contribution in [2.45, 2.75) is 31.3 Å². The summed E-state index contributed by atoms with van der Waals surface area (Å²) in [5, 5.41) is 9.74. The number of rotatable bonds is 9. The highest BCUT2D eigenvalue weighted by Gasteiger charge is 2.41. The quantitative estimate of drug-likeness (QED) is 0.666. The zero-order valence-corrected chi connectivity index (χ0v) is 14.5. The molecule has 0 fully saturated rings. The lowest BCUT2D eigenvalue weighted by Gasteiger charge is -2.33. The van der Waals surface area contributed by atoms with E-state index >= 15 is 0 Å². The van der Waals surface area contributed by atoms with Gasteiger partial charge >= 0.3 is 5.97 Å². The van der Waals surface area contributed by atoms with Gasteiger partial charge in [-0.25, -0.2) is 4.79 Å². The van der Waals surface area contributed by atoms with E-state index in [2.05, 4.69) is 32.4 Å². The summed E-state index contributed by atoms with van der Waals surface area (Å²) in [7, 11) is 0. The normalized spacial score (nSPS) is 17.9. The van der Waals surface area contributed by atoms with Crippen LogP contribution in [0.5, 0.6) is 5.75 Å². The van der Waals surface area contributed by atoms with Gasteiger partial charge in [0, 0.05) is 17.5 Å². The fraction of sp³-hybridized carbons (Fsp3) is 0.227. The highest BCUT2D eigenvalue weighted by atomic mass is 16.5. The van der Waals surface area contributed by atoms with Crippen molar-refractivity contribution < 1.29 is 14.6 Å². The number of aliphatic carboxylic acids is 1. The van der Waals surface area contributed by atoms with Crippen LogP contribution in [0.3, 0.4) is 0 Å². The Balaban J connectivity index is 2.73. The third-order valence-corrected chi connectivity index (χ3v) is 4.29. The fourth-order valence-electron chi connectivity index (χ4n) is 3.12. The monoisotopic (exact) mass is 336 g/mol. The van der Waals surface area contributed by atoms with Crippen molar-refractivity contribution in [3.05, 3.63) is 85.0 Å². The van der Waals surface area contributed by atoms with E-state index in [0.717, 1.165) is 22.3 Å². The summed E-state index contributed by atoms with van der Waals surface area (Å²) in [6, 6.07) is 2.12. The van der Waals surface area contributed by atoms with Crippen LogP contribution in [-0.2, 0) is 24.1 Å². The largest absolute Gasteiger partial charge is 0.478 e. The van der Waals surface area contributed by atoms with Crippen LogP contribution < -0.4 is 4.74 Å². The predicted octanol–water partition coefficient (Wildman–Crippen LogP) is 4.68. The minimum atomic E-state index is -1.43. The molecule has 2 rings (SSSR count). The molecule has 0 aromatic heterocycles. The minimum Gasteiger partial charge on any atom is -0.478 e. The zero-order valence-electron chi connectivity index (χ0n) is 14.5. The van der Waals surface area contributed by atoms with Gasteiger partial charge < -0.3 is 9.84 Å². The van der Waals surface area contributed by atoms with Crippen LogP contribution in [0.4, 0.5) is 0 Å². The molecule has 3 nitrogen and oxygen atoms in total. The van der Waals surface area contributed by atoms with E-state index in [-0.39, 0.29) is 6.42 Å². The van der Waals surface area contributed by atoms with E-state index in [9.17, 15) is 9.90 Å². The maximum Gasteiger partial charge on any atom is 0.352 e. The maximum atomic E-state index is 11.9. The molecule has 0 radical (unpaired) electrons. The summed E-state index contributed by atoms with van der Waals surface area (Å²) in [5.74, 6) is -0.416. The molecule has 1 heterocycles. The average molecular weight is 336 g/mol. The highest BCUT2D eigenvalue weighted by Crippen LogP contribution is 2.40. The molecule has 1 unspecified atom stereocenters. The van der Waals surface area contributed by atoms with Crippen LogP contribution in [0.15, 0.2) is 62.8 Å². The van der Waals surface area contributed by atoms with Gasteiger partial charge in [0.2, 0.25) is 5.60 Å². The molecule has 25 heavy (non-hydrogen) atoms. The van der Waals surface area contributed by atoms with Gasteiger partial charge in [-0.15, -0.1) is 26.3 Å². The number of hydrogen-bond acceptors (Lipinski definition) is 2. The Bertz CT molecular complexity index is 755. The first-order valence-electron chi connectivity index (χ1n) is 8.25. The van der Waals surface area contributed by atoms with Crippen molar-refractivity contribution in [1.82, 2.24) is 0 Å². The first-order chi connectivity index (χ1) is 12.0. The van der Waals surface area contributed by atoms with Crippen LogP contribution in [0, 0.1) is 0 Å². The molecule has 0 bridgehead atoms. The van der Waals surface area contributed by atoms with Gasteiger partial charge in [-0.3, -0.25) is 0 Å². The number of carbonyl (C=O) groups is 1. The molecule has 130 valence electrons. The molecule has 3 heteroatoms. The molecule has 1 aromatic rings. The lowest BCUT2D eigenvalue weighted by atomic mass is 9.87. The summed E-state index contributed by atoms with van der Waals surface area (Å²) >= 11 is 0. The Hall–Kier alpha value is -2.81. The van der Waals surface area contributed by atoms with Gasteiger partial charge in [0.25, 0.3) is 0 Å². The summed E-state index contributed by atoms with van der Waals surface area (Å²) in [6.45, 7) is 15.1. The molecule has 1 aromatic carbocycles. The molecule has 0 amide bonds. The molecular weight excluding hydrogens is 312 g/mol. The van der Waals surface area contributed by atoms with Gasteiger partial charge in [0.15, 0.2) is 0 Å². The Labute approximate surface area is 149 Å². The van der Waals surface area contributed by atoms with E-state index < -0.39 is 11.6 Å². The number of ether oxygens (including phenoxy) is 1. The molecule has 0 saturated heterocycles. The number of benzene rings is 1. The van der Waals surface area contributed by atoms with Crippen LogP contribution in [0.25, 0.3) is 6.08 Å². The summed E-state index contributed by atoms with van der Waals surface area (Å²) in [6.07, 6.45) is 12.6. The third kappa shape index (κ3) is 3.50. The number of hydrogen-bond donors (Lipinski definition) is 1. The minimum absolute atomic E-state index is 0.189. The fourth-order valence-corrected chi connectivity index (χ4v) is 3.12. The topological polar surface area (TPSA) is 46.5 Å². The molecule has 1 aliphatic heterocycles. The Morgan fingerprint density at radius 3 is 2.24 bits per heavy atom. The van der Waals surface area contributed by atoms with Gasteiger partial charge in [-0.1, -0.05) is 36.4 Å². The van der Waals surface area contributed by atoms with Crippen LogP contribution in [-0.4, -0.2) is 16.7 Å². The number of carboxylic acids is 1. The average Bonchev–Trinajstić information content (AvgIpc) is 2.58. The Kier molecular flexibility index (Phi) is 5.81. The van der Waals surface area contributed by atoms with Gasteiger partial charge in [0.05, 0.1) is 0 Å². The summed E-state index contributed by atoms with van der Waals surface area (Å²) in [4.78, 5) is 11.9. The summed E-state index contributed by atoms with van der Waals surface area (Å²) in [5.41, 5.74) is 2.56.